The van der Waals surface area contributed by atoms with Crippen molar-refractivity contribution in [3.8, 4) is 0 Å². The van der Waals surface area contributed by atoms with E-state index in [4.69, 9.17) is 23.2 Å². The van der Waals surface area contributed by atoms with Crippen LogP contribution in [-0.2, 0) is 10.0 Å². The Morgan fingerprint density at radius 3 is 2.60 bits per heavy atom. The number of rotatable bonds is 5. The number of hydrogen-bond donors (Lipinski definition) is 1. The maximum atomic E-state index is 12.8. The Kier molecular flexibility index (Phi) is 6.76. The lowest BCUT2D eigenvalue weighted by Gasteiger charge is -2.31. The van der Waals surface area contributed by atoms with E-state index in [2.05, 4.69) is 11.6 Å². The molecule has 25 heavy (non-hydrogen) atoms. The van der Waals surface area contributed by atoms with Crippen molar-refractivity contribution in [3.05, 3.63) is 27.7 Å². The predicted molar refractivity (Wildman–Crippen MR) is 101 cm³/mol. The minimum atomic E-state index is -3.81. The third kappa shape index (κ3) is 5.09. The highest BCUT2D eigenvalue weighted by atomic mass is 35.5. The van der Waals surface area contributed by atoms with Crippen LogP contribution in [0.5, 0.6) is 0 Å². The molecule has 1 aliphatic rings. The molecule has 1 N–H and O–H groups in total. The molecule has 1 unspecified atom stereocenters. The summed E-state index contributed by atoms with van der Waals surface area (Å²) >= 11 is 12.3. The summed E-state index contributed by atoms with van der Waals surface area (Å²) in [6.45, 7) is 7.47. The van der Waals surface area contributed by atoms with Gasteiger partial charge in [0, 0.05) is 19.6 Å². The Hall–Kier alpha value is -0.820. The van der Waals surface area contributed by atoms with Crippen LogP contribution in [0.1, 0.15) is 44.0 Å². The largest absolute Gasteiger partial charge is 0.338 e. The number of likely N-dealkylation sites (tertiary alicyclic amines) is 1. The Balaban J connectivity index is 2.35. The molecule has 1 aromatic rings. The van der Waals surface area contributed by atoms with E-state index in [-0.39, 0.29) is 38.9 Å². The van der Waals surface area contributed by atoms with Crippen molar-refractivity contribution in [2.24, 2.45) is 11.8 Å². The summed E-state index contributed by atoms with van der Waals surface area (Å²) in [6.07, 6.45) is 2.01. The molecule has 5 nitrogen and oxygen atoms in total. The number of carbonyl (C=O) groups excluding carboxylic acids is 1. The first-order valence-corrected chi connectivity index (χ1v) is 10.6. The van der Waals surface area contributed by atoms with Crippen molar-refractivity contribution in [3.63, 3.8) is 0 Å². The van der Waals surface area contributed by atoms with Gasteiger partial charge >= 0.3 is 0 Å². The second-order valence-electron chi connectivity index (χ2n) is 7.01. The summed E-state index contributed by atoms with van der Waals surface area (Å²) in [6, 6.07) is 2.61. The normalized spacial score (nSPS) is 18.6. The number of nitrogens with zero attached hydrogens (tertiary/aromatic N) is 1. The molecule has 1 heterocycles. The SMILES string of the molecule is CC(C)CNS(=O)(=O)c1cc(C(=O)N2CCCC(C)C2)c(Cl)cc1Cl. The third-order valence-corrected chi connectivity index (χ3v) is 6.37. The van der Waals surface area contributed by atoms with Crippen LogP contribution in [0, 0.1) is 11.8 Å². The number of sulfonamides is 1. The molecule has 0 bridgehead atoms. The van der Waals surface area contributed by atoms with Crippen LogP contribution >= 0.6 is 23.2 Å². The van der Waals surface area contributed by atoms with Crippen LogP contribution in [0.25, 0.3) is 0 Å². The molecule has 1 saturated heterocycles. The van der Waals surface area contributed by atoms with Gasteiger partial charge in [0.25, 0.3) is 5.91 Å². The number of hydrogen-bond acceptors (Lipinski definition) is 3. The highest BCUT2D eigenvalue weighted by molar-refractivity contribution is 7.89. The maximum Gasteiger partial charge on any atom is 0.255 e. The molecule has 0 aliphatic carbocycles. The maximum absolute atomic E-state index is 12.8. The topological polar surface area (TPSA) is 66.5 Å². The highest BCUT2D eigenvalue weighted by Crippen LogP contribution is 2.30. The lowest BCUT2D eigenvalue weighted by atomic mass is 9.99. The summed E-state index contributed by atoms with van der Waals surface area (Å²) in [5, 5.41) is 0.167. The summed E-state index contributed by atoms with van der Waals surface area (Å²) in [5.74, 6) is 0.310. The molecule has 0 radical (unpaired) electrons. The number of benzene rings is 1. The van der Waals surface area contributed by atoms with E-state index < -0.39 is 10.0 Å². The van der Waals surface area contributed by atoms with Gasteiger partial charge in [0.15, 0.2) is 0 Å². The van der Waals surface area contributed by atoms with Gasteiger partial charge in [0.1, 0.15) is 4.90 Å². The summed E-state index contributed by atoms with van der Waals surface area (Å²) in [5.41, 5.74) is 0.171. The number of piperidine rings is 1. The lowest BCUT2D eigenvalue weighted by molar-refractivity contribution is 0.0683. The average molecular weight is 407 g/mol. The van der Waals surface area contributed by atoms with Gasteiger partial charge < -0.3 is 4.90 Å². The number of carbonyl (C=O) groups is 1. The van der Waals surface area contributed by atoms with Crippen LogP contribution in [-0.4, -0.2) is 38.9 Å². The fraction of sp³-hybridized carbons (Fsp3) is 0.588. The smallest absolute Gasteiger partial charge is 0.255 e. The van der Waals surface area contributed by atoms with Crippen LogP contribution in [0.2, 0.25) is 10.0 Å². The summed E-state index contributed by atoms with van der Waals surface area (Å²) < 4.78 is 27.5. The van der Waals surface area contributed by atoms with E-state index >= 15 is 0 Å². The van der Waals surface area contributed by atoms with Crippen molar-refractivity contribution in [2.45, 2.75) is 38.5 Å². The van der Waals surface area contributed by atoms with Gasteiger partial charge in [-0.1, -0.05) is 44.0 Å². The number of nitrogens with one attached hydrogen (secondary N) is 1. The summed E-state index contributed by atoms with van der Waals surface area (Å²) in [7, 11) is -3.81. The lowest BCUT2D eigenvalue weighted by Crippen LogP contribution is -2.39. The second kappa shape index (κ2) is 8.25. The fourth-order valence-corrected chi connectivity index (χ4v) is 4.86. The van der Waals surface area contributed by atoms with E-state index in [0.29, 0.717) is 19.0 Å². The summed E-state index contributed by atoms with van der Waals surface area (Å²) in [4.78, 5) is 14.4. The molecule has 0 spiro atoms. The average Bonchev–Trinajstić information content (AvgIpc) is 2.52. The molecule has 0 saturated carbocycles. The zero-order valence-electron chi connectivity index (χ0n) is 14.7. The van der Waals surface area contributed by atoms with E-state index in [1.54, 1.807) is 4.90 Å². The Labute approximate surface area is 159 Å². The van der Waals surface area contributed by atoms with Crippen molar-refractivity contribution in [2.75, 3.05) is 19.6 Å². The molecular formula is C17H24Cl2N2O3S. The van der Waals surface area contributed by atoms with E-state index in [1.165, 1.54) is 12.1 Å². The van der Waals surface area contributed by atoms with Gasteiger partial charge in [-0.25, -0.2) is 13.1 Å². The third-order valence-electron chi connectivity index (χ3n) is 4.17. The molecule has 1 fully saturated rings. The minimum Gasteiger partial charge on any atom is -0.338 e. The van der Waals surface area contributed by atoms with E-state index in [9.17, 15) is 13.2 Å². The van der Waals surface area contributed by atoms with Gasteiger partial charge in [0.05, 0.1) is 15.6 Å². The molecule has 140 valence electrons. The Bertz CT molecular complexity index is 751. The molecule has 1 atom stereocenters. The van der Waals surface area contributed by atoms with Gasteiger partial charge in [0.2, 0.25) is 10.0 Å². The molecule has 1 aromatic carbocycles. The second-order valence-corrected chi connectivity index (χ2v) is 9.56. The van der Waals surface area contributed by atoms with E-state index in [0.717, 1.165) is 12.8 Å². The highest BCUT2D eigenvalue weighted by Gasteiger charge is 2.27. The zero-order chi connectivity index (χ0) is 18.8. The van der Waals surface area contributed by atoms with Gasteiger partial charge in [-0.3, -0.25) is 4.79 Å². The monoisotopic (exact) mass is 406 g/mol. The standard InChI is InChI=1S/C17H24Cl2N2O3S/c1-11(2)9-20-25(23,24)16-7-13(14(18)8-15(16)19)17(22)21-6-4-5-12(3)10-21/h7-8,11-12,20H,4-6,9-10H2,1-3H3. The molecule has 2 rings (SSSR count). The first kappa shape index (κ1) is 20.5. The first-order chi connectivity index (χ1) is 11.6. The first-order valence-electron chi connectivity index (χ1n) is 8.39. The van der Waals surface area contributed by atoms with Gasteiger partial charge in [-0.15, -0.1) is 0 Å². The van der Waals surface area contributed by atoms with Gasteiger partial charge in [-0.05, 0) is 36.8 Å². The van der Waals surface area contributed by atoms with E-state index in [1.807, 2.05) is 13.8 Å². The Morgan fingerprint density at radius 2 is 2.00 bits per heavy atom. The number of halogens is 2. The number of amides is 1. The van der Waals surface area contributed by atoms with Gasteiger partial charge in [-0.2, -0.15) is 0 Å². The predicted octanol–water partition coefficient (Wildman–Crippen LogP) is 3.80. The molecule has 8 heteroatoms. The minimum absolute atomic E-state index is 0.00446. The molecule has 1 amide bonds. The quantitative estimate of drug-likeness (QED) is 0.808. The van der Waals surface area contributed by atoms with Crippen LogP contribution in [0.3, 0.4) is 0 Å². The molecular weight excluding hydrogens is 383 g/mol. The Morgan fingerprint density at radius 1 is 1.32 bits per heavy atom. The molecule has 0 aromatic heterocycles. The van der Waals surface area contributed by atoms with Crippen LogP contribution < -0.4 is 4.72 Å². The molecule has 1 aliphatic heterocycles. The fourth-order valence-electron chi connectivity index (χ4n) is 2.80. The van der Waals surface area contributed by atoms with Crippen molar-refractivity contribution in [1.29, 1.82) is 0 Å². The zero-order valence-corrected chi connectivity index (χ0v) is 17.0. The van der Waals surface area contributed by atoms with Crippen LogP contribution in [0.4, 0.5) is 0 Å². The van der Waals surface area contributed by atoms with Crippen molar-refractivity contribution in [1.82, 2.24) is 9.62 Å². The van der Waals surface area contributed by atoms with Crippen LogP contribution in [0.15, 0.2) is 17.0 Å². The van der Waals surface area contributed by atoms with Crippen molar-refractivity contribution < 1.29 is 13.2 Å². The van der Waals surface area contributed by atoms with Crippen molar-refractivity contribution >= 4 is 39.1 Å².